The van der Waals surface area contributed by atoms with Crippen LogP contribution in [-0.2, 0) is 0 Å². The second-order valence-corrected chi connectivity index (χ2v) is 2.99. The summed E-state index contributed by atoms with van der Waals surface area (Å²) in [6.45, 7) is 5.39. The van der Waals surface area contributed by atoms with Gasteiger partial charge in [-0.05, 0) is 6.42 Å². The molecule has 0 saturated heterocycles. The fourth-order valence-corrected chi connectivity index (χ4v) is 0.958. The van der Waals surface area contributed by atoms with Gasteiger partial charge in [0.05, 0.1) is 0 Å². The van der Waals surface area contributed by atoms with Crippen LogP contribution in [0.1, 0.15) is 20.3 Å². The Morgan fingerprint density at radius 3 is 2.90 bits per heavy atom. The van der Waals surface area contributed by atoms with Crippen molar-refractivity contribution in [2.45, 2.75) is 26.3 Å². The second-order valence-electron chi connectivity index (χ2n) is 2.99. The zero-order chi connectivity index (χ0) is 7.40. The number of rotatable bonds is 3. The van der Waals surface area contributed by atoms with E-state index in [1.165, 1.54) is 5.57 Å². The molecule has 0 unspecified atom stereocenters. The molecule has 0 aromatic carbocycles. The fraction of sp³-hybridized carbons (Fsp3) is 0.556. The molecule has 1 aliphatic carbocycles. The van der Waals surface area contributed by atoms with Crippen LogP contribution >= 0.6 is 0 Å². The van der Waals surface area contributed by atoms with Crippen molar-refractivity contribution in [2.24, 2.45) is 0 Å². The molecule has 0 saturated carbocycles. The smallest absolute Gasteiger partial charge is 0.0173 e. The summed E-state index contributed by atoms with van der Waals surface area (Å²) < 4.78 is 0. The topological polar surface area (TPSA) is 12.0 Å². The van der Waals surface area contributed by atoms with E-state index in [-0.39, 0.29) is 0 Å². The third-order valence-corrected chi connectivity index (χ3v) is 1.59. The van der Waals surface area contributed by atoms with E-state index in [9.17, 15) is 0 Å². The normalized spacial score (nSPS) is 16.5. The Labute approximate surface area is 62.8 Å². The molecule has 0 radical (unpaired) electrons. The van der Waals surface area contributed by atoms with E-state index >= 15 is 0 Å². The highest BCUT2D eigenvalue weighted by Gasteiger charge is 1.98. The summed E-state index contributed by atoms with van der Waals surface area (Å²) in [7, 11) is 0. The molecule has 1 heteroatoms. The van der Waals surface area contributed by atoms with E-state index in [0.717, 1.165) is 13.0 Å². The van der Waals surface area contributed by atoms with Crippen molar-refractivity contribution in [2.75, 3.05) is 6.54 Å². The molecule has 1 aliphatic rings. The monoisotopic (exact) mass is 137 g/mol. The van der Waals surface area contributed by atoms with Crippen molar-refractivity contribution in [1.82, 2.24) is 5.32 Å². The average molecular weight is 137 g/mol. The van der Waals surface area contributed by atoms with Gasteiger partial charge >= 0.3 is 0 Å². The molecule has 0 fully saturated rings. The molecule has 0 amide bonds. The predicted molar refractivity (Wildman–Crippen MR) is 45.0 cm³/mol. The molecule has 0 aromatic rings. The van der Waals surface area contributed by atoms with Gasteiger partial charge in [0.2, 0.25) is 0 Å². The second kappa shape index (κ2) is 3.57. The Balaban J connectivity index is 2.15. The SMILES string of the molecule is CC(C)NCC1=CC=CC1. The van der Waals surface area contributed by atoms with Gasteiger partial charge in [-0.2, -0.15) is 0 Å². The Bertz CT molecular complexity index is 154. The zero-order valence-corrected chi connectivity index (χ0v) is 6.72. The Hall–Kier alpha value is -0.560. The van der Waals surface area contributed by atoms with Gasteiger partial charge in [-0.25, -0.2) is 0 Å². The maximum Gasteiger partial charge on any atom is 0.0173 e. The number of allylic oxidation sites excluding steroid dienone is 3. The number of nitrogens with one attached hydrogen (secondary N) is 1. The van der Waals surface area contributed by atoms with Crippen LogP contribution in [0.25, 0.3) is 0 Å². The van der Waals surface area contributed by atoms with Crippen LogP contribution in [0.15, 0.2) is 23.8 Å². The van der Waals surface area contributed by atoms with Crippen LogP contribution in [0.5, 0.6) is 0 Å². The summed E-state index contributed by atoms with van der Waals surface area (Å²) in [5.74, 6) is 0. The van der Waals surface area contributed by atoms with Gasteiger partial charge in [0.1, 0.15) is 0 Å². The van der Waals surface area contributed by atoms with Crippen LogP contribution in [0.2, 0.25) is 0 Å². The van der Waals surface area contributed by atoms with Crippen molar-refractivity contribution in [1.29, 1.82) is 0 Å². The lowest BCUT2D eigenvalue weighted by molar-refractivity contribution is 0.619. The van der Waals surface area contributed by atoms with Gasteiger partial charge in [-0.15, -0.1) is 0 Å². The predicted octanol–water partition coefficient (Wildman–Crippen LogP) is 1.87. The summed E-state index contributed by atoms with van der Waals surface area (Å²) >= 11 is 0. The zero-order valence-electron chi connectivity index (χ0n) is 6.72. The molecular weight excluding hydrogens is 122 g/mol. The third kappa shape index (κ3) is 2.36. The summed E-state index contributed by atoms with van der Waals surface area (Å²) in [6.07, 6.45) is 7.64. The first-order chi connectivity index (χ1) is 4.79. The van der Waals surface area contributed by atoms with Gasteiger partial charge in [-0.3, -0.25) is 0 Å². The molecule has 56 valence electrons. The highest BCUT2D eigenvalue weighted by atomic mass is 14.9. The molecular formula is C9H15N. The summed E-state index contributed by atoms with van der Waals surface area (Å²) in [6, 6.07) is 0.599. The third-order valence-electron chi connectivity index (χ3n) is 1.59. The van der Waals surface area contributed by atoms with Crippen LogP contribution in [0, 0.1) is 0 Å². The van der Waals surface area contributed by atoms with Crippen molar-refractivity contribution < 1.29 is 0 Å². The van der Waals surface area contributed by atoms with Crippen molar-refractivity contribution in [3.8, 4) is 0 Å². The first-order valence-electron chi connectivity index (χ1n) is 3.87. The first kappa shape index (κ1) is 7.55. The minimum atomic E-state index is 0.599. The highest BCUT2D eigenvalue weighted by molar-refractivity contribution is 5.23. The van der Waals surface area contributed by atoms with Crippen LogP contribution < -0.4 is 5.32 Å². The minimum Gasteiger partial charge on any atom is -0.311 e. The quantitative estimate of drug-likeness (QED) is 0.626. The van der Waals surface area contributed by atoms with Crippen LogP contribution in [0.3, 0.4) is 0 Å². The average Bonchev–Trinajstić information content (AvgIpc) is 2.34. The molecule has 1 nitrogen and oxygen atoms in total. The van der Waals surface area contributed by atoms with Gasteiger partial charge in [0.15, 0.2) is 0 Å². The maximum atomic E-state index is 3.38. The van der Waals surface area contributed by atoms with Gasteiger partial charge in [0.25, 0.3) is 0 Å². The maximum absolute atomic E-state index is 3.38. The molecule has 10 heavy (non-hydrogen) atoms. The minimum absolute atomic E-state index is 0.599. The highest BCUT2D eigenvalue weighted by Crippen LogP contribution is 2.08. The lowest BCUT2D eigenvalue weighted by Crippen LogP contribution is -2.24. The van der Waals surface area contributed by atoms with Crippen molar-refractivity contribution >= 4 is 0 Å². The van der Waals surface area contributed by atoms with E-state index < -0.39 is 0 Å². The van der Waals surface area contributed by atoms with E-state index in [0.29, 0.717) is 6.04 Å². The first-order valence-corrected chi connectivity index (χ1v) is 3.87. The fourth-order valence-electron chi connectivity index (χ4n) is 0.958. The molecule has 0 spiro atoms. The largest absolute Gasteiger partial charge is 0.311 e. The van der Waals surface area contributed by atoms with E-state index in [1.807, 2.05) is 0 Å². The summed E-state index contributed by atoms with van der Waals surface area (Å²) in [5.41, 5.74) is 1.49. The van der Waals surface area contributed by atoms with Crippen LogP contribution in [0.4, 0.5) is 0 Å². The summed E-state index contributed by atoms with van der Waals surface area (Å²) in [5, 5.41) is 3.38. The summed E-state index contributed by atoms with van der Waals surface area (Å²) in [4.78, 5) is 0. The molecule has 0 aliphatic heterocycles. The van der Waals surface area contributed by atoms with Crippen molar-refractivity contribution in [3.63, 3.8) is 0 Å². The van der Waals surface area contributed by atoms with Gasteiger partial charge < -0.3 is 5.32 Å². The Morgan fingerprint density at radius 1 is 1.60 bits per heavy atom. The molecule has 1 N–H and O–H groups in total. The molecule has 0 bridgehead atoms. The number of hydrogen-bond donors (Lipinski definition) is 1. The molecule has 1 rings (SSSR count). The van der Waals surface area contributed by atoms with E-state index in [1.54, 1.807) is 0 Å². The van der Waals surface area contributed by atoms with Crippen LogP contribution in [-0.4, -0.2) is 12.6 Å². The van der Waals surface area contributed by atoms with Crippen molar-refractivity contribution in [3.05, 3.63) is 23.8 Å². The number of hydrogen-bond acceptors (Lipinski definition) is 1. The Morgan fingerprint density at radius 2 is 2.40 bits per heavy atom. The lowest BCUT2D eigenvalue weighted by atomic mass is 10.2. The Kier molecular flexibility index (Phi) is 2.69. The molecule has 0 aromatic heterocycles. The van der Waals surface area contributed by atoms with E-state index in [2.05, 4.69) is 37.4 Å². The molecule has 0 atom stereocenters. The van der Waals surface area contributed by atoms with Gasteiger partial charge in [0, 0.05) is 12.6 Å². The standard InChI is InChI=1S/C9H15N/c1-8(2)10-7-9-5-3-4-6-9/h3-5,8,10H,6-7H2,1-2H3. The van der Waals surface area contributed by atoms with Gasteiger partial charge in [-0.1, -0.05) is 37.6 Å². The lowest BCUT2D eigenvalue weighted by Gasteiger charge is -2.07. The van der Waals surface area contributed by atoms with E-state index in [4.69, 9.17) is 0 Å². The molecule has 0 heterocycles.